The maximum Gasteiger partial charge on any atom is 0.220 e. The Morgan fingerprint density at radius 3 is 1.42 bits per heavy atom. The van der Waals surface area contributed by atoms with Crippen molar-refractivity contribution in [2.75, 3.05) is 27.3 Å². The van der Waals surface area contributed by atoms with Gasteiger partial charge in [-0.2, -0.15) is 0 Å². The Morgan fingerprint density at radius 1 is 0.615 bits per heavy atom. The molecule has 0 unspecified atom stereocenters. The van der Waals surface area contributed by atoms with Crippen molar-refractivity contribution in [3.63, 3.8) is 0 Å². The van der Waals surface area contributed by atoms with Gasteiger partial charge in [0.25, 0.3) is 0 Å². The van der Waals surface area contributed by atoms with Gasteiger partial charge in [-0.05, 0) is 72.9 Å². The average Bonchev–Trinajstić information content (AvgIpc) is 3.96. The summed E-state index contributed by atoms with van der Waals surface area (Å²) in [6.45, 7) is 1.49. The van der Waals surface area contributed by atoms with E-state index in [2.05, 4.69) is 57.7 Å². The Kier molecular flexibility index (Phi) is 9.92. The van der Waals surface area contributed by atoms with Crippen LogP contribution in [-0.4, -0.2) is 51.2 Å². The summed E-state index contributed by atoms with van der Waals surface area (Å²) < 4.78 is 11.9. The topological polar surface area (TPSA) is 101 Å². The lowest BCUT2D eigenvalue weighted by molar-refractivity contribution is -0.120. The molecule has 2 fully saturated rings. The van der Waals surface area contributed by atoms with Gasteiger partial charge in [-0.15, -0.1) is 0 Å². The van der Waals surface area contributed by atoms with Gasteiger partial charge in [-0.3, -0.25) is 9.59 Å². The SMILES string of the molecule is COc1cc(-c2cccc(-c3cccc(-c4cc5c(c(OC)c4)[C@H](NC[C@H]4CCC(=O)N4)CC5)c3Cl)c2Cl)cc2c1[C@H](NC[C@H]1CCC(=O)N1)CC2. The average molecular weight is 740 g/mol. The molecule has 8 rings (SSSR count). The first-order chi connectivity index (χ1) is 25.3. The van der Waals surface area contributed by atoms with Crippen molar-refractivity contribution in [3.05, 3.63) is 93.0 Å². The number of carbonyl (C=O) groups excluding carboxylic acids is 2. The number of carbonyl (C=O) groups is 2. The summed E-state index contributed by atoms with van der Waals surface area (Å²) in [6, 6.07) is 21.5. The Morgan fingerprint density at radius 2 is 1.04 bits per heavy atom. The van der Waals surface area contributed by atoms with Gasteiger partial charge in [0.15, 0.2) is 0 Å². The lowest BCUT2D eigenvalue weighted by atomic mass is 9.93. The minimum absolute atomic E-state index is 0.132. The monoisotopic (exact) mass is 738 g/mol. The van der Waals surface area contributed by atoms with E-state index in [0.29, 0.717) is 22.9 Å². The van der Waals surface area contributed by atoms with Crippen molar-refractivity contribution < 1.29 is 19.1 Å². The minimum atomic E-state index is 0.132. The third kappa shape index (κ3) is 6.66. The molecule has 2 amide bonds. The first kappa shape index (κ1) is 35.0. The van der Waals surface area contributed by atoms with Crippen LogP contribution in [0.5, 0.6) is 11.5 Å². The third-order valence-electron chi connectivity index (χ3n) is 11.3. The van der Waals surface area contributed by atoms with E-state index in [0.717, 1.165) is 96.5 Å². The number of amides is 2. The third-order valence-corrected chi connectivity index (χ3v) is 12.1. The van der Waals surface area contributed by atoms with E-state index < -0.39 is 0 Å². The van der Waals surface area contributed by atoms with Gasteiger partial charge in [0.1, 0.15) is 11.5 Å². The molecular formula is C42H44Cl2N4O4. The second-order valence-electron chi connectivity index (χ2n) is 14.4. The fourth-order valence-corrected chi connectivity index (χ4v) is 9.35. The molecule has 2 saturated heterocycles. The van der Waals surface area contributed by atoms with Crippen LogP contribution in [-0.2, 0) is 22.4 Å². The van der Waals surface area contributed by atoms with Gasteiger partial charge in [0, 0.05) is 83.5 Å². The molecule has 2 aliphatic carbocycles. The maximum atomic E-state index is 11.7. The fourth-order valence-electron chi connectivity index (χ4n) is 8.67. The Labute approximate surface area is 315 Å². The molecule has 0 radical (unpaired) electrons. The molecule has 0 bridgehead atoms. The number of aryl methyl sites for hydroxylation is 2. The number of nitrogens with one attached hydrogen (secondary N) is 4. The number of ether oxygens (including phenoxy) is 2. The summed E-state index contributed by atoms with van der Waals surface area (Å²) in [6.07, 6.45) is 6.73. The van der Waals surface area contributed by atoms with Crippen molar-refractivity contribution in [2.24, 2.45) is 0 Å². The van der Waals surface area contributed by atoms with Crippen molar-refractivity contribution in [1.82, 2.24) is 21.3 Å². The lowest BCUT2D eigenvalue weighted by Crippen LogP contribution is -2.36. The highest BCUT2D eigenvalue weighted by Gasteiger charge is 2.31. The molecule has 4 aromatic carbocycles. The summed E-state index contributed by atoms with van der Waals surface area (Å²) in [5.41, 5.74) is 10.4. The predicted molar refractivity (Wildman–Crippen MR) is 206 cm³/mol. The Bertz CT molecular complexity index is 1910. The molecule has 4 atom stereocenters. The number of fused-ring (bicyclic) bond motifs is 2. The van der Waals surface area contributed by atoms with Gasteiger partial charge >= 0.3 is 0 Å². The quantitative estimate of drug-likeness (QED) is 0.126. The van der Waals surface area contributed by atoms with Crippen molar-refractivity contribution in [1.29, 1.82) is 0 Å². The number of benzene rings is 4. The molecule has 4 aromatic rings. The predicted octanol–water partition coefficient (Wildman–Crippen LogP) is 7.72. The molecular weight excluding hydrogens is 695 g/mol. The van der Waals surface area contributed by atoms with Crippen LogP contribution >= 0.6 is 23.2 Å². The Hall–Kier alpha value is -4.08. The maximum absolute atomic E-state index is 11.7. The second-order valence-corrected chi connectivity index (χ2v) is 15.2. The van der Waals surface area contributed by atoms with Crippen LogP contribution < -0.4 is 30.7 Å². The van der Waals surface area contributed by atoms with Gasteiger partial charge < -0.3 is 30.7 Å². The molecule has 8 nitrogen and oxygen atoms in total. The molecule has 270 valence electrons. The fraction of sp³-hybridized carbons (Fsp3) is 0.381. The van der Waals surface area contributed by atoms with E-state index in [1.807, 2.05) is 24.3 Å². The van der Waals surface area contributed by atoms with E-state index >= 15 is 0 Å². The number of methoxy groups -OCH3 is 2. The van der Waals surface area contributed by atoms with Crippen LogP contribution in [0.3, 0.4) is 0 Å². The van der Waals surface area contributed by atoms with Crippen LogP contribution in [0.15, 0.2) is 60.7 Å². The van der Waals surface area contributed by atoms with Crippen LogP contribution in [0.4, 0.5) is 0 Å². The van der Waals surface area contributed by atoms with Crippen molar-refractivity contribution in [2.45, 2.75) is 75.5 Å². The van der Waals surface area contributed by atoms with Crippen LogP contribution in [0.1, 0.15) is 72.9 Å². The normalized spacial score (nSPS) is 21.9. The smallest absolute Gasteiger partial charge is 0.220 e. The summed E-state index contributed by atoms with van der Waals surface area (Å²) in [5, 5.41) is 14.7. The van der Waals surface area contributed by atoms with E-state index in [4.69, 9.17) is 32.7 Å². The number of hydrogen-bond donors (Lipinski definition) is 4. The Balaban J connectivity index is 1.07. The van der Waals surface area contributed by atoms with Gasteiger partial charge in [0.2, 0.25) is 11.8 Å². The highest BCUT2D eigenvalue weighted by molar-refractivity contribution is 6.39. The minimum Gasteiger partial charge on any atom is -0.496 e. The highest BCUT2D eigenvalue weighted by Crippen LogP contribution is 2.47. The molecule has 0 saturated carbocycles. The van der Waals surface area contributed by atoms with Crippen LogP contribution in [0.25, 0.3) is 33.4 Å². The van der Waals surface area contributed by atoms with E-state index in [1.54, 1.807) is 14.2 Å². The van der Waals surface area contributed by atoms with E-state index in [1.165, 1.54) is 22.3 Å². The van der Waals surface area contributed by atoms with Gasteiger partial charge in [0.05, 0.1) is 24.3 Å². The van der Waals surface area contributed by atoms with E-state index in [-0.39, 0.29) is 36.0 Å². The first-order valence-corrected chi connectivity index (χ1v) is 19.1. The summed E-state index contributed by atoms with van der Waals surface area (Å²) >= 11 is 14.6. The van der Waals surface area contributed by atoms with Crippen LogP contribution in [0, 0.1) is 0 Å². The molecule has 2 aliphatic heterocycles. The zero-order chi connectivity index (χ0) is 35.9. The number of hydrogen-bond acceptors (Lipinski definition) is 6. The van der Waals surface area contributed by atoms with Crippen LogP contribution in [0.2, 0.25) is 10.0 Å². The largest absolute Gasteiger partial charge is 0.496 e. The van der Waals surface area contributed by atoms with Crippen molar-refractivity contribution in [3.8, 4) is 44.9 Å². The highest BCUT2D eigenvalue weighted by atomic mass is 35.5. The zero-order valence-electron chi connectivity index (χ0n) is 29.5. The molecule has 10 heteroatoms. The number of halogens is 2. The standard InChI is InChI=1S/C42H44Cl2N4O4/c1-51-35-19-25(17-23-9-13-33(39(23)35)45-21-27-11-15-37(49)47-27)29-5-3-7-31(41(29)43)32-8-4-6-30(42(32)44)26-18-24-10-14-34(40(24)36(20-26)52-2)46-22-28-12-16-38(50)48-28/h3-8,17-20,27-28,33-34,45-46H,9-16,21-22H2,1-2H3,(H,47,49)(H,48,50)/t27-,28-,33-,34-/m1/s1. The second kappa shape index (κ2) is 14.7. The molecule has 0 spiro atoms. The van der Waals surface area contributed by atoms with Crippen molar-refractivity contribution >= 4 is 35.0 Å². The number of rotatable bonds is 11. The lowest BCUT2D eigenvalue weighted by Gasteiger charge is -2.21. The summed E-state index contributed by atoms with van der Waals surface area (Å²) in [4.78, 5) is 23.4. The molecule has 52 heavy (non-hydrogen) atoms. The molecule has 0 aromatic heterocycles. The summed E-state index contributed by atoms with van der Waals surface area (Å²) in [7, 11) is 3.44. The molecule has 4 aliphatic rings. The molecule has 4 N–H and O–H groups in total. The van der Waals surface area contributed by atoms with E-state index in [9.17, 15) is 9.59 Å². The molecule has 2 heterocycles. The van der Waals surface area contributed by atoms with Gasteiger partial charge in [-0.25, -0.2) is 0 Å². The first-order valence-electron chi connectivity index (χ1n) is 18.4. The van der Waals surface area contributed by atoms with Gasteiger partial charge in [-0.1, -0.05) is 71.7 Å². The zero-order valence-corrected chi connectivity index (χ0v) is 31.1. The summed E-state index contributed by atoms with van der Waals surface area (Å²) in [5.74, 6) is 1.94.